The summed E-state index contributed by atoms with van der Waals surface area (Å²) in [6, 6.07) is 14.1. The molecule has 0 aliphatic carbocycles. The quantitative estimate of drug-likeness (QED) is 0.504. The lowest BCUT2D eigenvalue weighted by molar-refractivity contribution is 0.0733. The molecule has 1 aromatic carbocycles. The molecule has 1 aliphatic heterocycles. The van der Waals surface area contributed by atoms with Crippen LogP contribution >= 0.6 is 22.7 Å². The Morgan fingerprint density at radius 1 is 1.03 bits per heavy atom. The minimum Gasteiger partial charge on any atom is -0.377 e. The molecule has 0 spiro atoms. The lowest BCUT2D eigenvalue weighted by atomic mass is 10.2. The number of thiophene rings is 2. The van der Waals surface area contributed by atoms with Gasteiger partial charge in [-0.05, 0) is 60.0 Å². The second-order valence-electron chi connectivity index (χ2n) is 7.33. The molecule has 0 bridgehead atoms. The number of nitrogens with zero attached hydrogens (tertiary/aromatic N) is 1. The van der Waals surface area contributed by atoms with Gasteiger partial charge in [0.25, 0.3) is 5.91 Å². The van der Waals surface area contributed by atoms with Gasteiger partial charge in [0.15, 0.2) is 0 Å². The van der Waals surface area contributed by atoms with Crippen molar-refractivity contribution < 1.29 is 17.9 Å². The van der Waals surface area contributed by atoms with Gasteiger partial charge in [-0.1, -0.05) is 12.1 Å². The summed E-state index contributed by atoms with van der Waals surface area (Å²) >= 11 is 3.22. The first-order chi connectivity index (χ1) is 15.0. The zero-order valence-electron chi connectivity index (χ0n) is 16.9. The molecule has 1 unspecified atom stereocenters. The molecule has 0 saturated carbocycles. The van der Waals surface area contributed by atoms with Crippen molar-refractivity contribution in [3.05, 3.63) is 74.6 Å². The third kappa shape index (κ3) is 5.81. The van der Waals surface area contributed by atoms with Gasteiger partial charge in [0.1, 0.15) is 0 Å². The van der Waals surface area contributed by atoms with Crippen molar-refractivity contribution in [2.24, 2.45) is 0 Å². The molecule has 1 atom stereocenters. The molecule has 1 saturated heterocycles. The van der Waals surface area contributed by atoms with Crippen LogP contribution in [0.2, 0.25) is 0 Å². The van der Waals surface area contributed by atoms with E-state index in [2.05, 4.69) is 4.72 Å². The van der Waals surface area contributed by atoms with Crippen LogP contribution in [0.15, 0.2) is 64.2 Å². The summed E-state index contributed by atoms with van der Waals surface area (Å²) in [5.74, 6) is -0.127. The zero-order valence-corrected chi connectivity index (χ0v) is 19.3. The lowest BCUT2D eigenvalue weighted by Gasteiger charge is -2.22. The van der Waals surface area contributed by atoms with Crippen LogP contribution in [0, 0.1) is 0 Å². The van der Waals surface area contributed by atoms with Gasteiger partial charge in [0.05, 0.1) is 24.1 Å². The van der Waals surface area contributed by atoms with E-state index in [4.69, 9.17) is 4.74 Å². The average Bonchev–Trinajstić information content (AvgIpc) is 3.55. The first-order valence-corrected chi connectivity index (χ1v) is 13.3. The highest BCUT2D eigenvalue weighted by molar-refractivity contribution is 7.89. The number of carbonyl (C=O) groups excluding carboxylic acids is 1. The number of carbonyl (C=O) groups is 1. The summed E-state index contributed by atoms with van der Waals surface area (Å²) in [4.78, 5) is 17.3. The molecule has 1 aliphatic rings. The van der Waals surface area contributed by atoms with Crippen molar-refractivity contribution in [2.45, 2.75) is 36.9 Å². The van der Waals surface area contributed by atoms with Crippen LogP contribution < -0.4 is 4.72 Å². The number of hydrogen-bond donors (Lipinski definition) is 1. The molecule has 4 rings (SSSR count). The topological polar surface area (TPSA) is 75.7 Å². The molecule has 1 N–H and O–H groups in total. The van der Waals surface area contributed by atoms with E-state index in [0.717, 1.165) is 22.6 Å². The van der Waals surface area contributed by atoms with Gasteiger partial charge in [-0.25, -0.2) is 13.1 Å². The average molecular weight is 477 g/mol. The number of ether oxygens (including phenoxy) is 1. The molecule has 2 aromatic heterocycles. The molecule has 3 heterocycles. The summed E-state index contributed by atoms with van der Waals surface area (Å²) in [6.07, 6.45) is 1.75. The van der Waals surface area contributed by atoms with E-state index >= 15 is 0 Å². The second kappa shape index (κ2) is 10.1. The maximum Gasteiger partial charge on any atom is 0.254 e. The summed E-state index contributed by atoms with van der Waals surface area (Å²) in [5.41, 5.74) is 0.464. The van der Waals surface area contributed by atoms with Gasteiger partial charge in [0.2, 0.25) is 10.0 Å². The number of benzene rings is 1. The lowest BCUT2D eigenvalue weighted by Crippen LogP contribution is -2.32. The fourth-order valence-electron chi connectivity index (χ4n) is 3.43. The zero-order chi connectivity index (χ0) is 21.7. The van der Waals surface area contributed by atoms with Gasteiger partial charge < -0.3 is 9.64 Å². The third-order valence-corrected chi connectivity index (χ3v) is 8.24. The Morgan fingerprint density at radius 2 is 1.68 bits per heavy atom. The van der Waals surface area contributed by atoms with E-state index < -0.39 is 10.0 Å². The van der Waals surface area contributed by atoms with Crippen LogP contribution in [0.1, 0.15) is 33.0 Å². The number of sulfonamides is 1. The first-order valence-electron chi connectivity index (χ1n) is 10.1. The Bertz CT molecular complexity index is 1040. The summed E-state index contributed by atoms with van der Waals surface area (Å²) in [6.45, 7) is 1.96. The molecular weight excluding hydrogens is 452 g/mol. The van der Waals surface area contributed by atoms with Gasteiger partial charge in [-0.15, -0.1) is 22.7 Å². The third-order valence-electron chi connectivity index (χ3n) is 5.08. The molecule has 1 fully saturated rings. The monoisotopic (exact) mass is 476 g/mol. The Balaban J connectivity index is 1.46. The minimum absolute atomic E-state index is 0.0707. The molecule has 6 nitrogen and oxygen atoms in total. The smallest absolute Gasteiger partial charge is 0.254 e. The normalized spacial score (nSPS) is 16.5. The minimum atomic E-state index is -3.64. The molecule has 0 radical (unpaired) electrons. The van der Waals surface area contributed by atoms with E-state index in [1.165, 1.54) is 12.1 Å². The van der Waals surface area contributed by atoms with Crippen LogP contribution in [0.5, 0.6) is 0 Å². The number of hydrogen-bond acceptors (Lipinski definition) is 6. The largest absolute Gasteiger partial charge is 0.377 e. The van der Waals surface area contributed by atoms with Crippen molar-refractivity contribution in [3.63, 3.8) is 0 Å². The standard InChI is InChI=1S/C22H24N2O4S3/c25-22(24(15-19-5-2-12-29-19)16-20-6-3-13-30-20)17-7-9-21(10-8-17)31(26,27)23-14-18-4-1-11-28-18/h2-3,5-10,12-13,18,23H,1,4,11,14-16H2. The van der Waals surface area contributed by atoms with E-state index in [1.54, 1.807) is 39.7 Å². The summed E-state index contributed by atoms with van der Waals surface area (Å²) < 4.78 is 33.2. The van der Waals surface area contributed by atoms with Crippen molar-refractivity contribution in [1.29, 1.82) is 0 Å². The van der Waals surface area contributed by atoms with Crippen molar-refractivity contribution in [1.82, 2.24) is 9.62 Å². The Labute approximate surface area is 190 Å². The van der Waals surface area contributed by atoms with E-state index in [9.17, 15) is 13.2 Å². The predicted octanol–water partition coefficient (Wildman–Crippen LogP) is 4.11. The fraction of sp³-hybridized carbons (Fsp3) is 0.318. The molecule has 31 heavy (non-hydrogen) atoms. The van der Waals surface area contributed by atoms with Gasteiger partial charge in [-0.2, -0.15) is 0 Å². The summed E-state index contributed by atoms with van der Waals surface area (Å²) in [7, 11) is -3.64. The molecule has 1 amide bonds. The number of rotatable bonds is 9. The number of nitrogens with one attached hydrogen (secondary N) is 1. The Kier molecular flexibility index (Phi) is 7.19. The highest BCUT2D eigenvalue weighted by atomic mass is 32.2. The summed E-state index contributed by atoms with van der Waals surface area (Å²) in [5, 5.41) is 3.98. The van der Waals surface area contributed by atoms with Crippen LogP contribution in [0.4, 0.5) is 0 Å². The second-order valence-corrected chi connectivity index (χ2v) is 11.2. The van der Waals surface area contributed by atoms with Gasteiger partial charge in [0, 0.05) is 28.5 Å². The highest BCUT2D eigenvalue weighted by Gasteiger charge is 2.22. The van der Waals surface area contributed by atoms with Crippen LogP contribution in [-0.4, -0.2) is 38.5 Å². The fourth-order valence-corrected chi connectivity index (χ4v) is 5.94. The van der Waals surface area contributed by atoms with Crippen molar-refractivity contribution in [2.75, 3.05) is 13.2 Å². The van der Waals surface area contributed by atoms with Crippen molar-refractivity contribution >= 4 is 38.6 Å². The Morgan fingerprint density at radius 3 is 2.19 bits per heavy atom. The maximum absolute atomic E-state index is 13.2. The van der Waals surface area contributed by atoms with Crippen LogP contribution in [0.25, 0.3) is 0 Å². The van der Waals surface area contributed by atoms with Crippen LogP contribution in [-0.2, 0) is 27.8 Å². The van der Waals surface area contributed by atoms with Crippen molar-refractivity contribution in [3.8, 4) is 0 Å². The van der Waals surface area contributed by atoms with E-state index in [0.29, 0.717) is 25.3 Å². The highest BCUT2D eigenvalue weighted by Crippen LogP contribution is 2.20. The molecule has 9 heteroatoms. The predicted molar refractivity (Wildman–Crippen MR) is 123 cm³/mol. The SMILES string of the molecule is O=C(c1ccc(S(=O)(=O)NCC2CCCO2)cc1)N(Cc1cccs1)Cc1cccs1. The number of amides is 1. The van der Waals surface area contributed by atoms with Gasteiger partial charge in [-0.3, -0.25) is 4.79 Å². The van der Waals surface area contributed by atoms with E-state index in [1.807, 2.05) is 35.0 Å². The Hall–Kier alpha value is -2.04. The molecular formula is C22H24N2O4S3. The maximum atomic E-state index is 13.2. The van der Waals surface area contributed by atoms with Gasteiger partial charge >= 0.3 is 0 Å². The first kappa shape index (κ1) is 22.2. The molecule has 3 aromatic rings. The van der Waals surface area contributed by atoms with E-state index in [-0.39, 0.29) is 23.5 Å². The molecule has 164 valence electrons. The van der Waals surface area contributed by atoms with Crippen LogP contribution in [0.3, 0.4) is 0 Å².